The van der Waals surface area contributed by atoms with Crippen molar-refractivity contribution in [1.82, 2.24) is 10.5 Å². The monoisotopic (exact) mass is 433 g/mol. The molecule has 32 heavy (non-hydrogen) atoms. The first-order valence-electron chi connectivity index (χ1n) is 11.0. The Morgan fingerprint density at radius 3 is 2.56 bits per heavy atom. The van der Waals surface area contributed by atoms with E-state index in [-0.39, 0.29) is 17.4 Å². The SMILES string of the molecule is COc1ccc(C(=O)NC2CC(Cc3cc(CN(C)c4ccccc4)on3)C2(C)C)cc1. The Hall–Kier alpha value is -3.28. The number of hydrogen-bond donors (Lipinski definition) is 1. The van der Waals surface area contributed by atoms with Gasteiger partial charge in [-0.15, -0.1) is 0 Å². The Morgan fingerprint density at radius 1 is 1.19 bits per heavy atom. The standard InChI is InChI=1S/C26H31N3O3/c1-26(2)19(15-24(26)27-25(30)18-10-12-22(31-4)13-11-18)14-20-16-23(32-28-20)17-29(3)21-8-6-5-7-9-21/h5-13,16,19,24H,14-15,17H2,1-4H3,(H,27,30). The van der Waals surface area contributed by atoms with Crippen LogP contribution in [-0.2, 0) is 13.0 Å². The van der Waals surface area contributed by atoms with Crippen molar-refractivity contribution in [3.63, 3.8) is 0 Å². The lowest BCUT2D eigenvalue weighted by atomic mass is 9.57. The lowest BCUT2D eigenvalue weighted by Gasteiger charge is -2.52. The second-order valence-corrected chi connectivity index (χ2v) is 9.19. The highest BCUT2D eigenvalue weighted by Crippen LogP contribution is 2.47. The van der Waals surface area contributed by atoms with Crippen LogP contribution < -0.4 is 15.0 Å². The summed E-state index contributed by atoms with van der Waals surface area (Å²) in [7, 11) is 3.66. The Morgan fingerprint density at radius 2 is 1.91 bits per heavy atom. The van der Waals surface area contributed by atoms with Gasteiger partial charge in [0.05, 0.1) is 19.3 Å². The molecule has 1 aliphatic rings. The van der Waals surface area contributed by atoms with Gasteiger partial charge in [-0.2, -0.15) is 0 Å². The van der Waals surface area contributed by atoms with Crippen LogP contribution in [-0.4, -0.2) is 31.3 Å². The van der Waals surface area contributed by atoms with E-state index >= 15 is 0 Å². The molecule has 0 saturated heterocycles. The summed E-state index contributed by atoms with van der Waals surface area (Å²) in [5, 5.41) is 7.49. The van der Waals surface area contributed by atoms with E-state index < -0.39 is 0 Å². The molecule has 168 valence electrons. The molecule has 1 heterocycles. The Kier molecular flexibility index (Phi) is 6.21. The molecule has 1 amide bonds. The van der Waals surface area contributed by atoms with E-state index in [9.17, 15) is 4.79 Å². The number of carbonyl (C=O) groups is 1. The number of nitrogens with one attached hydrogen (secondary N) is 1. The molecule has 0 bridgehead atoms. The molecule has 1 N–H and O–H groups in total. The number of para-hydroxylation sites is 1. The fraction of sp³-hybridized carbons (Fsp3) is 0.385. The molecule has 6 nitrogen and oxygen atoms in total. The van der Waals surface area contributed by atoms with Crippen molar-refractivity contribution >= 4 is 11.6 Å². The zero-order valence-electron chi connectivity index (χ0n) is 19.2. The average molecular weight is 434 g/mol. The van der Waals surface area contributed by atoms with Gasteiger partial charge in [0.15, 0.2) is 5.76 Å². The van der Waals surface area contributed by atoms with E-state index in [0.29, 0.717) is 18.0 Å². The summed E-state index contributed by atoms with van der Waals surface area (Å²) in [6.07, 6.45) is 1.78. The van der Waals surface area contributed by atoms with Crippen molar-refractivity contribution < 1.29 is 14.1 Å². The maximum absolute atomic E-state index is 12.6. The van der Waals surface area contributed by atoms with E-state index in [1.807, 2.05) is 25.2 Å². The summed E-state index contributed by atoms with van der Waals surface area (Å²) in [5.74, 6) is 1.99. The molecule has 2 atom stereocenters. The minimum Gasteiger partial charge on any atom is -0.497 e. The number of aromatic nitrogens is 1. The smallest absolute Gasteiger partial charge is 0.251 e. The van der Waals surface area contributed by atoms with Crippen LogP contribution in [0.2, 0.25) is 0 Å². The topological polar surface area (TPSA) is 67.6 Å². The quantitative estimate of drug-likeness (QED) is 0.557. The van der Waals surface area contributed by atoms with Crippen LogP contribution in [0.3, 0.4) is 0 Å². The second-order valence-electron chi connectivity index (χ2n) is 9.19. The summed E-state index contributed by atoms with van der Waals surface area (Å²) in [4.78, 5) is 14.8. The van der Waals surface area contributed by atoms with Crippen molar-refractivity contribution in [2.45, 2.75) is 39.3 Å². The molecule has 0 radical (unpaired) electrons. The van der Waals surface area contributed by atoms with E-state index in [1.165, 1.54) is 0 Å². The highest BCUT2D eigenvalue weighted by atomic mass is 16.5. The molecular weight excluding hydrogens is 402 g/mol. The van der Waals surface area contributed by atoms with Crippen LogP contribution in [0.15, 0.2) is 65.2 Å². The zero-order chi connectivity index (χ0) is 22.7. The van der Waals surface area contributed by atoms with Crippen LogP contribution in [0.4, 0.5) is 5.69 Å². The molecule has 1 aliphatic carbocycles. The normalized spacial score (nSPS) is 19.1. The summed E-state index contributed by atoms with van der Waals surface area (Å²) in [5.41, 5.74) is 2.75. The highest BCUT2D eigenvalue weighted by Gasteiger charge is 2.48. The van der Waals surface area contributed by atoms with Gasteiger partial charge in [-0.1, -0.05) is 37.2 Å². The van der Waals surface area contributed by atoms with E-state index in [1.54, 1.807) is 31.4 Å². The van der Waals surface area contributed by atoms with E-state index in [4.69, 9.17) is 9.26 Å². The van der Waals surface area contributed by atoms with Gasteiger partial charge in [0.25, 0.3) is 5.91 Å². The van der Waals surface area contributed by atoms with Crippen molar-refractivity contribution in [3.8, 4) is 5.75 Å². The van der Waals surface area contributed by atoms with Crippen LogP contribution >= 0.6 is 0 Å². The maximum atomic E-state index is 12.6. The van der Waals surface area contributed by atoms with Gasteiger partial charge in [0.1, 0.15) is 5.75 Å². The third kappa shape index (κ3) is 4.64. The second kappa shape index (κ2) is 9.07. The van der Waals surface area contributed by atoms with Crippen LogP contribution in [0.25, 0.3) is 0 Å². The molecule has 2 aromatic carbocycles. The van der Waals surface area contributed by atoms with Crippen LogP contribution in [0, 0.1) is 11.3 Å². The van der Waals surface area contributed by atoms with Crippen LogP contribution in [0.1, 0.15) is 42.1 Å². The molecule has 0 aliphatic heterocycles. The molecule has 1 aromatic heterocycles. The van der Waals surface area contributed by atoms with Crippen molar-refractivity contribution in [2.24, 2.45) is 11.3 Å². The number of carbonyl (C=O) groups excluding carboxylic acids is 1. The van der Waals surface area contributed by atoms with Crippen LogP contribution in [0.5, 0.6) is 5.75 Å². The molecule has 6 heteroatoms. The molecule has 0 spiro atoms. The van der Waals surface area contributed by atoms with Crippen molar-refractivity contribution in [2.75, 3.05) is 19.1 Å². The lowest BCUT2D eigenvalue weighted by molar-refractivity contribution is 0.0138. The van der Waals surface area contributed by atoms with Crippen molar-refractivity contribution in [1.29, 1.82) is 0 Å². The summed E-state index contributed by atoms with van der Waals surface area (Å²) >= 11 is 0. The number of nitrogens with zero attached hydrogens (tertiary/aromatic N) is 2. The van der Waals surface area contributed by atoms with Gasteiger partial charge in [-0.3, -0.25) is 4.79 Å². The predicted octanol–water partition coefficient (Wildman–Crippen LogP) is 4.71. The molecule has 1 fully saturated rings. The summed E-state index contributed by atoms with van der Waals surface area (Å²) in [6, 6.07) is 19.6. The molecule has 4 rings (SSSR count). The van der Waals surface area contributed by atoms with Gasteiger partial charge in [0.2, 0.25) is 0 Å². The summed E-state index contributed by atoms with van der Waals surface area (Å²) in [6.45, 7) is 5.10. The first kappa shape index (κ1) is 21.9. The minimum absolute atomic E-state index is 0.0118. The Balaban J connectivity index is 1.31. The van der Waals surface area contributed by atoms with Crippen molar-refractivity contribution in [3.05, 3.63) is 77.7 Å². The number of hydrogen-bond acceptors (Lipinski definition) is 5. The molecule has 2 unspecified atom stereocenters. The average Bonchev–Trinajstić information content (AvgIpc) is 3.25. The number of anilines is 1. The minimum atomic E-state index is -0.0446. The number of methoxy groups -OCH3 is 1. The fourth-order valence-electron chi connectivity index (χ4n) is 4.38. The first-order chi connectivity index (χ1) is 15.4. The van der Waals surface area contributed by atoms with E-state index in [0.717, 1.165) is 35.7 Å². The fourth-order valence-corrected chi connectivity index (χ4v) is 4.38. The lowest BCUT2D eigenvalue weighted by Crippen LogP contribution is -2.58. The number of rotatable bonds is 8. The van der Waals surface area contributed by atoms with Gasteiger partial charge >= 0.3 is 0 Å². The third-order valence-electron chi connectivity index (χ3n) is 6.78. The third-order valence-corrected chi connectivity index (χ3v) is 6.78. The first-order valence-corrected chi connectivity index (χ1v) is 11.0. The molecular formula is C26H31N3O3. The summed E-state index contributed by atoms with van der Waals surface area (Å²) < 4.78 is 10.8. The largest absolute Gasteiger partial charge is 0.497 e. The predicted molar refractivity (Wildman–Crippen MR) is 125 cm³/mol. The molecule has 3 aromatic rings. The molecule has 1 saturated carbocycles. The Bertz CT molecular complexity index is 1040. The van der Waals surface area contributed by atoms with Gasteiger partial charge in [0, 0.05) is 30.4 Å². The van der Waals surface area contributed by atoms with Gasteiger partial charge in [-0.25, -0.2) is 0 Å². The number of amides is 1. The number of benzene rings is 2. The van der Waals surface area contributed by atoms with Gasteiger partial charge in [-0.05, 0) is 60.6 Å². The van der Waals surface area contributed by atoms with Gasteiger partial charge < -0.3 is 19.5 Å². The maximum Gasteiger partial charge on any atom is 0.251 e. The highest BCUT2D eigenvalue weighted by molar-refractivity contribution is 5.94. The Labute approximate surface area is 189 Å². The zero-order valence-corrected chi connectivity index (χ0v) is 19.2. The number of ether oxygens (including phenoxy) is 1. The van der Waals surface area contributed by atoms with E-state index in [2.05, 4.69) is 47.4 Å².